The zero-order valence-electron chi connectivity index (χ0n) is 20.1. The average Bonchev–Trinajstić information content (AvgIpc) is 3.46. The molecule has 5 aromatic rings. The van der Waals surface area contributed by atoms with Crippen LogP contribution in [0.5, 0.6) is 5.75 Å². The lowest BCUT2D eigenvalue weighted by Gasteiger charge is -2.25. The smallest absolute Gasteiger partial charge is 0.300 e. The van der Waals surface area contributed by atoms with Crippen LogP contribution in [0.3, 0.4) is 0 Å². The van der Waals surface area contributed by atoms with Crippen LogP contribution in [0.25, 0.3) is 27.4 Å². The van der Waals surface area contributed by atoms with Crippen LogP contribution in [0, 0.1) is 0 Å². The van der Waals surface area contributed by atoms with E-state index in [0.717, 1.165) is 27.2 Å². The molecule has 1 aliphatic rings. The quantitative estimate of drug-likeness (QED) is 0.172. The molecule has 182 valence electrons. The number of aromatic amines is 1. The number of hydrogen-bond donors (Lipinski definition) is 2. The van der Waals surface area contributed by atoms with Gasteiger partial charge in [-0.05, 0) is 35.9 Å². The number of H-pyrrole nitrogens is 1. The van der Waals surface area contributed by atoms with Gasteiger partial charge in [-0.3, -0.25) is 14.5 Å². The molecular formula is C31H24N2O4. The number of aliphatic hydroxyl groups excluding tert-OH is 1. The zero-order valence-corrected chi connectivity index (χ0v) is 20.1. The fraction of sp³-hybridized carbons (Fsp3) is 0.0968. The first kappa shape index (κ1) is 22.6. The maximum Gasteiger partial charge on any atom is 0.300 e. The van der Waals surface area contributed by atoms with Crippen molar-refractivity contribution in [2.75, 3.05) is 11.5 Å². The summed E-state index contributed by atoms with van der Waals surface area (Å²) in [5.74, 6) is -1.05. The van der Waals surface area contributed by atoms with Gasteiger partial charge in [0.1, 0.15) is 11.5 Å². The van der Waals surface area contributed by atoms with E-state index < -0.39 is 17.7 Å². The summed E-state index contributed by atoms with van der Waals surface area (Å²) in [6.45, 7) is 2.35. The number of ketones is 1. The van der Waals surface area contributed by atoms with Gasteiger partial charge in [-0.25, -0.2) is 0 Å². The van der Waals surface area contributed by atoms with Crippen molar-refractivity contribution < 1.29 is 19.4 Å². The molecule has 0 aliphatic carbocycles. The van der Waals surface area contributed by atoms with Crippen LogP contribution in [-0.2, 0) is 9.59 Å². The van der Waals surface area contributed by atoms with Crippen molar-refractivity contribution in [3.8, 4) is 5.75 Å². The monoisotopic (exact) mass is 488 g/mol. The van der Waals surface area contributed by atoms with E-state index in [1.54, 1.807) is 36.5 Å². The van der Waals surface area contributed by atoms with Crippen LogP contribution in [0.2, 0.25) is 0 Å². The van der Waals surface area contributed by atoms with Crippen LogP contribution in [0.15, 0.2) is 103 Å². The molecule has 2 heterocycles. The molecule has 6 rings (SSSR count). The molecule has 6 nitrogen and oxygen atoms in total. The summed E-state index contributed by atoms with van der Waals surface area (Å²) in [6, 6.07) is 27.2. The second-order valence-corrected chi connectivity index (χ2v) is 8.92. The Morgan fingerprint density at radius 2 is 1.65 bits per heavy atom. The molecule has 0 radical (unpaired) electrons. The van der Waals surface area contributed by atoms with Gasteiger partial charge in [0.15, 0.2) is 0 Å². The van der Waals surface area contributed by atoms with E-state index >= 15 is 0 Å². The Hall–Kier alpha value is -4.84. The summed E-state index contributed by atoms with van der Waals surface area (Å²) < 4.78 is 5.67. The van der Waals surface area contributed by atoms with Gasteiger partial charge in [-0.1, -0.05) is 66.7 Å². The minimum atomic E-state index is -0.841. The Kier molecular flexibility index (Phi) is 5.49. The molecule has 1 aliphatic heterocycles. The first-order valence-corrected chi connectivity index (χ1v) is 12.2. The highest BCUT2D eigenvalue weighted by molar-refractivity contribution is 6.52. The minimum Gasteiger partial charge on any atom is -0.507 e. The van der Waals surface area contributed by atoms with Crippen molar-refractivity contribution in [3.05, 3.63) is 114 Å². The lowest BCUT2D eigenvalue weighted by Crippen LogP contribution is -2.29. The van der Waals surface area contributed by atoms with Crippen LogP contribution < -0.4 is 9.64 Å². The molecule has 1 fully saturated rings. The largest absolute Gasteiger partial charge is 0.507 e. The Balaban J connectivity index is 1.63. The minimum absolute atomic E-state index is 0.0490. The number of fused-ring (bicyclic) bond motifs is 2. The predicted octanol–water partition coefficient (Wildman–Crippen LogP) is 6.35. The molecule has 1 unspecified atom stereocenters. The number of amides is 1. The molecule has 1 atom stereocenters. The number of rotatable bonds is 5. The molecule has 4 aromatic carbocycles. The predicted molar refractivity (Wildman–Crippen MR) is 145 cm³/mol. The third-order valence-electron chi connectivity index (χ3n) is 6.81. The van der Waals surface area contributed by atoms with Crippen molar-refractivity contribution in [1.29, 1.82) is 0 Å². The van der Waals surface area contributed by atoms with Crippen LogP contribution in [-0.4, -0.2) is 28.4 Å². The van der Waals surface area contributed by atoms with Gasteiger partial charge in [0, 0.05) is 40.0 Å². The van der Waals surface area contributed by atoms with Gasteiger partial charge >= 0.3 is 0 Å². The topological polar surface area (TPSA) is 82.6 Å². The Morgan fingerprint density at radius 3 is 2.49 bits per heavy atom. The number of anilines is 1. The summed E-state index contributed by atoms with van der Waals surface area (Å²) in [6.07, 6.45) is 1.80. The van der Waals surface area contributed by atoms with Gasteiger partial charge in [0.05, 0.1) is 18.2 Å². The number of aromatic nitrogens is 1. The molecule has 1 amide bonds. The Labute approximate surface area is 213 Å². The normalized spacial score (nSPS) is 17.1. The van der Waals surface area contributed by atoms with Gasteiger partial charge in [-0.2, -0.15) is 0 Å². The number of benzene rings is 4. The highest BCUT2D eigenvalue weighted by Crippen LogP contribution is 2.45. The third-order valence-corrected chi connectivity index (χ3v) is 6.81. The van der Waals surface area contributed by atoms with Crippen LogP contribution in [0.1, 0.15) is 24.1 Å². The highest BCUT2D eigenvalue weighted by atomic mass is 16.5. The van der Waals surface area contributed by atoms with E-state index in [9.17, 15) is 14.7 Å². The van der Waals surface area contributed by atoms with Crippen LogP contribution >= 0.6 is 0 Å². The van der Waals surface area contributed by atoms with Crippen molar-refractivity contribution in [2.45, 2.75) is 13.0 Å². The number of ether oxygens (including phenoxy) is 1. The fourth-order valence-corrected chi connectivity index (χ4v) is 5.18. The summed E-state index contributed by atoms with van der Waals surface area (Å²) in [5, 5.41) is 14.3. The number of nitrogens with zero attached hydrogens (tertiary/aromatic N) is 1. The van der Waals surface area contributed by atoms with Crippen molar-refractivity contribution in [2.24, 2.45) is 0 Å². The van der Waals surface area contributed by atoms with Crippen molar-refractivity contribution in [3.63, 3.8) is 0 Å². The number of para-hydroxylation sites is 1. The molecule has 6 heteroatoms. The van der Waals surface area contributed by atoms with E-state index in [4.69, 9.17) is 4.74 Å². The number of carbonyl (C=O) groups is 2. The third kappa shape index (κ3) is 3.65. The second kappa shape index (κ2) is 8.99. The number of hydrogen-bond acceptors (Lipinski definition) is 4. The summed E-state index contributed by atoms with van der Waals surface area (Å²) in [7, 11) is 0. The van der Waals surface area contributed by atoms with E-state index in [-0.39, 0.29) is 11.3 Å². The van der Waals surface area contributed by atoms with E-state index in [1.807, 2.05) is 67.6 Å². The lowest BCUT2D eigenvalue weighted by molar-refractivity contribution is -0.132. The highest BCUT2D eigenvalue weighted by Gasteiger charge is 2.48. The first-order chi connectivity index (χ1) is 18.1. The Morgan fingerprint density at radius 1 is 0.919 bits per heavy atom. The molecule has 2 N–H and O–H groups in total. The molecule has 0 saturated carbocycles. The van der Waals surface area contributed by atoms with Crippen LogP contribution in [0.4, 0.5) is 5.69 Å². The van der Waals surface area contributed by atoms with E-state index in [1.165, 1.54) is 4.90 Å². The van der Waals surface area contributed by atoms with Gasteiger partial charge in [0.25, 0.3) is 11.7 Å². The molecule has 1 aromatic heterocycles. The molecule has 0 spiro atoms. The summed E-state index contributed by atoms with van der Waals surface area (Å²) in [5.41, 5.74) is 2.66. The summed E-state index contributed by atoms with van der Waals surface area (Å²) in [4.78, 5) is 32.0. The number of aliphatic hydroxyl groups is 1. The maximum atomic E-state index is 13.6. The number of carbonyl (C=O) groups excluding carboxylic acids is 2. The SMILES string of the molecule is CCOc1cccc(N2C(=O)C(=O)/C(=C(/O)c3cccc4ccccc34)C2c2c[nH]c3ccccc23)c1. The Bertz CT molecular complexity index is 1710. The first-order valence-electron chi connectivity index (χ1n) is 12.2. The molecular weight excluding hydrogens is 464 g/mol. The lowest BCUT2D eigenvalue weighted by atomic mass is 9.93. The van der Waals surface area contributed by atoms with Gasteiger partial charge in [0.2, 0.25) is 0 Å². The van der Waals surface area contributed by atoms with Crippen molar-refractivity contribution in [1.82, 2.24) is 4.98 Å². The molecule has 0 bridgehead atoms. The number of Topliss-reactive ketones (excluding diaryl/α,β-unsaturated/α-hetero) is 1. The molecule has 37 heavy (non-hydrogen) atoms. The fourth-order valence-electron chi connectivity index (χ4n) is 5.18. The van der Waals surface area contributed by atoms with Gasteiger partial charge < -0.3 is 14.8 Å². The zero-order chi connectivity index (χ0) is 25.5. The standard InChI is InChI=1S/C31H24N2O4/c1-2-37-21-12-8-11-20(17-21)33-28(25-18-32-26-16-6-5-14-23(25)26)27(30(35)31(33)36)29(34)24-15-7-10-19-9-3-4-13-22(19)24/h3-18,28,32,34H,2H2,1H3/b29-27+. The van der Waals surface area contributed by atoms with E-state index in [2.05, 4.69) is 4.98 Å². The van der Waals surface area contributed by atoms with E-state index in [0.29, 0.717) is 23.6 Å². The van der Waals surface area contributed by atoms with Crippen molar-refractivity contribution >= 4 is 44.8 Å². The van der Waals surface area contributed by atoms with Gasteiger partial charge in [-0.15, -0.1) is 0 Å². The average molecular weight is 489 g/mol. The molecule has 1 saturated heterocycles. The summed E-state index contributed by atoms with van der Waals surface area (Å²) >= 11 is 0. The maximum absolute atomic E-state index is 13.6. The number of nitrogens with one attached hydrogen (secondary N) is 1. The second-order valence-electron chi connectivity index (χ2n) is 8.92.